The minimum Gasteiger partial charge on any atom is -0.445 e. The Kier molecular flexibility index (Phi) is 6.73. The fraction of sp³-hybridized carbons (Fsp3) is 0.545. The van der Waals surface area contributed by atoms with Gasteiger partial charge in [0, 0.05) is 4.75 Å². The van der Waals surface area contributed by atoms with Crippen molar-refractivity contribution in [2.45, 2.75) is 63.4 Å². The molecule has 10 heteroatoms. The van der Waals surface area contributed by atoms with Gasteiger partial charge < -0.3 is 24.4 Å². The van der Waals surface area contributed by atoms with E-state index in [4.69, 9.17) is 14.2 Å². The number of benzene rings is 1. The molecular formula is C22H28N2O7S. The normalized spacial score (nSPS) is 23.6. The van der Waals surface area contributed by atoms with E-state index < -0.39 is 58.4 Å². The summed E-state index contributed by atoms with van der Waals surface area (Å²) in [7, 11) is 0. The van der Waals surface area contributed by atoms with E-state index in [0.29, 0.717) is 0 Å². The monoisotopic (exact) mass is 464 g/mol. The maximum Gasteiger partial charge on any atom is 0.408 e. The molecule has 2 aliphatic heterocycles. The molecular weight excluding hydrogens is 436 g/mol. The Labute approximate surface area is 191 Å². The van der Waals surface area contributed by atoms with Crippen LogP contribution in [-0.2, 0) is 35.2 Å². The van der Waals surface area contributed by atoms with Crippen molar-refractivity contribution in [2.24, 2.45) is 5.41 Å². The Morgan fingerprint density at radius 1 is 1.09 bits per heavy atom. The van der Waals surface area contributed by atoms with Crippen molar-refractivity contribution in [3.8, 4) is 0 Å². The van der Waals surface area contributed by atoms with E-state index in [9.17, 15) is 19.2 Å². The smallest absolute Gasteiger partial charge is 0.408 e. The zero-order valence-electron chi connectivity index (χ0n) is 18.7. The maximum absolute atomic E-state index is 12.7. The third kappa shape index (κ3) is 5.01. The highest BCUT2D eigenvalue weighted by Crippen LogP contribution is 2.51. The predicted octanol–water partition coefficient (Wildman–Crippen LogP) is 2.43. The molecule has 2 heterocycles. The van der Waals surface area contributed by atoms with Crippen molar-refractivity contribution in [3.05, 3.63) is 35.9 Å². The Hall–Kier alpha value is -2.75. The topological polar surface area (TPSA) is 111 Å². The van der Waals surface area contributed by atoms with Crippen molar-refractivity contribution in [1.82, 2.24) is 10.2 Å². The number of hydrogen-bond donors (Lipinski definition) is 1. The number of carbonyl (C=O) groups excluding carboxylic acids is 4. The molecule has 3 rings (SSSR count). The van der Waals surface area contributed by atoms with Gasteiger partial charge in [0.15, 0.2) is 0 Å². The number of alkyl carbamates (subject to hydrolysis) is 1. The predicted molar refractivity (Wildman–Crippen MR) is 116 cm³/mol. The van der Waals surface area contributed by atoms with Gasteiger partial charge in [-0.15, -0.1) is 11.8 Å². The number of nitrogens with one attached hydrogen (secondary N) is 1. The molecule has 0 bridgehead atoms. The number of rotatable bonds is 6. The van der Waals surface area contributed by atoms with Gasteiger partial charge in [0.25, 0.3) is 0 Å². The van der Waals surface area contributed by atoms with Crippen molar-refractivity contribution < 1.29 is 33.4 Å². The van der Waals surface area contributed by atoms with Crippen LogP contribution in [0.4, 0.5) is 4.79 Å². The number of nitrogens with zero attached hydrogens (tertiary/aromatic N) is 1. The van der Waals surface area contributed by atoms with Crippen LogP contribution in [0, 0.1) is 5.41 Å². The number of esters is 2. The van der Waals surface area contributed by atoms with Gasteiger partial charge in [-0.3, -0.25) is 9.59 Å². The van der Waals surface area contributed by atoms with E-state index in [-0.39, 0.29) is 6.61 Å². The van der Waals surface area contributed by atoms with E-state index in [0.717, 1.165) is 5.56 Å². The Morgan fingerprint density at radius 2 is 1.75 bits per heavy atom. The van der Waals surface area contributed by atoms with Crippen LogP contribution < -0.4 is 5.32 Å². The molecule has 0 saturated carbocycles. The van der Waals surface area contributed by atoms with Crippen LogP contribution in [0.2, 0.25) is 0 Å². The second kappa shape index (κ2) is 9.01. The lowest BCUT2D eigenvalue weighted by molar-refractivity contribution is -0.180. The molecule has 0 aromatic heterocycles. The molecule has 174 valence electrons. The second-order valence-corrected chi connectivity index (χ2v) is 11.0. The van der Waals surface area contributed by atoms with Crippen LogP contribution in [-0.4, -0.2) is 57.8 Å². The molecule has 0 unspecified atom stereocenters. The molecule has 32 heavy (non-hydrogen) atoms. The van der Waals surface area contributed by atoms with Crippen LogP contribution in [0.5, 0.6) is 0 Å². The van der Waals surface area contributed by atoms with Crippen molar-refractivity contribution in [1.29, 1.82) is 0 Å². The molecule has 2 amide bonds. The highest BCUT2D eigenvalue weighted by Gasteiger charge is 2.64. The van der Waals surface area contributed by atoms with Crippen LogP contribution in [0.25, 0.3) is 0 Å². The first-order chi connectivity index (χ1) is 14.9. The van der Waals surface area contributed by atoms with Crippen LogP contribution in [0.3, 0.4) is 0 Å². The van der Waals surface area contributed by atoms with Crippen LogP contribution in [0.1, 0.15) is 40.2 Å². The molecule has 0 spiro atoms. The first-order valence-corrected chi connectivity index (χ1v) is 11.1. The van der Waals surface area contributed by atoms with Gasteiger partial charge in [-0.25, -0.2) is 9.59 Å². The Morgan fingerprint density at radius 3 is 2.38 bits per heavy atom. The number of β-lactam (4-membered cyclic amide) rings is 1. The average molecular weight is 465 g/mol. The number of carbonyl (C=O) groups is 4. The van der Waals surface area contributed by atoms with Gasteiger partial charge in [0.2, 0.25) is 12.7 Å². The zero-order valence-corrected chi connectivity index (χ0v) is 19.6. The number of thioether (sulfide) groups is 1. The summed E-state index contributed by atoms with van der Waals surface area (Å²) in [4.78, 5) is 50.8. The minimum absolute atomic E-state index is 0.0861. The lowest BCUT2D eigenvalue weighted by Crippen LogP contribution is -2.70. The summed E-state index contributed by atoms with van der Waals surface area (Å²) < 4.78 is 14.6. The van der Waals surface area contributed by atoms with E-state index in [1.54, 1.807) is 20.8 Å². The lowest BCUT2D eigenvalue weighted by atomic mass is 9.96. The summed E-state index contributed by atoms with van der Waals surface area (Å²) >= 11 is 1.39. The summed E-state index contributed by atoms with van der Waals surface area (Å²) in [5.74, 6) is -1.55. The second-order valence-electron chi connectivity index (χ2n) is 9.21. The molecule has 2 aliphatic rings. The SMILES string of the molecule is CC(C)(C)C(=O)OCOC(=O)[C@@H]1N2C(=O)[C@@H](NC(=O)OCc3ccccc3)[C@H]2SC1(C)C. The molecule has 2 saturated heterocycles. The van der Waals surface area contributed by atoms with Gasteiger partial charge in [0.05, 0.1) is 5.41 Å². The zero-order chi connectivity index (χ0) is 23.7. The van der Waals surface area contributed by atoms with Crippen LogP contribution >= 0.6 is 11.8 Å². The van der Waals surface area contributed by atoms with Gasteiger partial charge in [-0.1, -0.05) is 30.3 Å². The van der Waals surface area contributed by atoms with Crippen molar-refractivity contribution in [3.63, 3.8) is 0 Å². The Bertz CT molecular complexity index is 897. The van der Waals surface area contributed by atoms with E-state index in [2.05, 4.69) is 5.32 Å². The molecule has 9 nitrogen and oxygen atoms in total. The highest BCUT2D eigenvalue weighted by molar-refractivity contribution is 8.01. The molecule has 1 aromatic rings. The van der Waals surface area contributed by atoms with Gasteiger partial charge in [-0.2, -0.15) is 0 Å². The lowest BCUT2D eigenvalue weighted by Gasteiger charge is -2.43. The molecule has 1 aromatic carbocycles. The summed E-state index contributed by atoms with van der Waals surface area (Å²) in [5, 5.41) is 2.17. The summed E-state index contributed by atoms with van der Waals surface area (Å²) in [6, 6.07) is 7.53. The summed E-state index contributed by atoms with van der Waals surface area (Å²) in [5.41, 5.74) is 0.108. The quantitative estimate of drug-likeness (QED) is 0.388. The van der Waals surface area contributed by atoms with Crippen LogP contribution in [0.15, 0.2) is 30.3 Å². The first-order valence-electron chi connectivity index (χ1n) is 10.2. The Balaban J connectivity index is 1.54. The van der Waals surface area contributed by atoms with Gasteiger partial charge in [0.1, 0.15) is 24.1 Å². The molecule has 0 aliphatic carbocycles. The van der Waals surface area contributed by atoms with E-state index in [1.807, 2.05) is 44.2 Å². The number of ether oxygens (including phenoxy) is 3. The highest BCUT2D eigenvalue weighted by atomic mass is 32.2. The molecule has 0 radical (unpaired) electrons. The van der Waals surface area contributed by atoms with Crippen molar-refractivity contribution in [2.75, 3.05) is 6.79 Å². The largest absolute Gasteiger partial charge is 0.445 e. The van der Waals surface area contributed by atoms with Crippen molar-refractivity contribution >= 4 is 35.7 Å². The molecule has 3 atom stereocenters. The van der Waals surface area contributed by atoms with Gasteiger partial charge in [-0.05, 0) is 40.2 Å². The standard InChI is InChI=1S/C22H28N2O7S/c1-21(2,3)19(27)31-12-30-18(26)15-22(4,5)32-17-14(16(25)24(15)17)23-20(28)29-11-13-9-7-6-8-10-13/h6-10,14-15,17H,11-12H2,1-5H3,(H,23,28)/t14-,15+,17-/m1/s1. The maximum atomic E-state index is 12.7. The number of fused-ring (bicyclic) bond motifs is 1. The van der Waals surface area contributed by atoms with E-state index >= 15 is 0 Å². The number of hydrogen-bond acceptors (Lipinski definition) is 8. The fourth-order valence-electron chi connectivity index (χ4n) is 3.45. The fourth-order valence-corrected chi connectivity index (χ4v) is 5.08. The molecule has 2 fully saturated rings. The van der Waals surface area contributed by atoms with E-state index in [1.165, 1.54) is 16.7 Å². The third-order valence-electron chi connectivity index (χ3n) is 5.15. The summed E-state index contributed by atoms with van der Waals surface area (Å²) in [6.07, 6.45) is -0.703. The minimum atomic E-state index is -0.864. The average Bonchev–Trinajstić information content (AvgIpc) is 2.98. The third-order valence-corrected chi connectivity index (χ3v) is 6.73. The molecule has 1 N–H and O–H groups in total. The first kappa shape index (κ1) is 23.9. The number of amides is 2. The van der Waals surface area contributed by atoms with Gasteiger partial charge >= 0.3 is 18.0 Å². The summed E-state index contributed by atoms with van der Waals surface area (Å²) in [6.45, 7) is 8.27.